The first-order valence-electron chi connectivity index (χ1n) is 9.47. The van der Waals surface area contributed by atoms with Crippen molar-refractivity contribution in [3.8, 4) is 0 Å². The number of amidine groups is 1. The Morgan fingerprint density at radius 3 is 2.54 bits per heavy atom. The van der Waals surface area contributed by atoms with E-state index in [2.05, 4.69) is 10.3 Å². The number of hydrogen-bond donors (Lipinski definition) is 1. The van der Waals surface area contributed by atoms with Crippen LogP contribution in [0.5, 0.6) is 0 Å². The number of para-hydroxylation sites is 1. The molecule has 28 heavy (non-hydrogen) atoms. The molecule has 146 valence electrons. The summed E-state index contributed by atoms with van der Waals surface area (Å²) in [6, 6.07) is 15.5. The minimum Gasteiger partial charge on any atom is -0.326 e. The largest absolute Gasteiger partial charge is 0.326 e. The van der Waals surface area contributed by atoms with Crippen molar-refractivity contribution >= 4 is 40.1 Å². The van der Waals surface area contributed by atoms with Crippen LogP contribution < -0.4 is 5.32 Å². The standard InChI is InChI=1S/C22H25N3O2S/c1-4-13-25-21(27)19(14-20(26)24-18-8-6-5-7-16(18)3)28-22(25)23-17-11-9-15(2)10-12-17/h5-12,19H,4,13-14H2,1-3H3,(H,24,26)/t19-/m1/s1. The highest BCUT2D eigenvalue weighted by Crippen LogP contribution is 2.32. The lowest BCUT2D eigenvalue weighted by atomic mass is 10.2. The van der Waals surface area contributed by atoms with Crippen LogP contribution in [0, 0.1) is 13.8 Å². The molecule has 0 unspecified atom stereocenters. The molecular formula is C22H25N3O2S. The lowest BCUT2D eigenvalue weighted by Gasteiger charge is -2.15. The van der Waals surface area contributed by atoms with Crippen LogP contribution in [0.3, 0.4) is 0 Å². The first-order valence-corrected chi connectivity index (χ1v) is 10.3. The summed E-state index contributed by atoms with van der Waals surface area (Å²) in [4.78, 5) is 31.7. The van der Waals surface area contributed by atoms with Crippen molar-refractivity contribution in [2.24, 2.45) is 4.99 Å². The Labute approximate surface area is 170 Å². The number of carbonyl (C=O) groups is 2. The molecule has 1 N–H and O–H groups in total. The van der Waals surface area contributed by atoms with Gasteiger partial charge in [-0.1, -0.05) is 54.6 Å². The second kappa shape index (κ2) is 9.06. The molecule has 2 amide bonds. The number of amides is 2. The molecule has 0 aliphatic carbocycles. The molecule has 2 aromatic carbocycles. The maximum Gasteiger partial charge on any atom is 0.242 e. The fourth-order valence-electron chi connectivity index (χ4n) is 2.97. The van der Waals surface area contributed by atoms with Crippen LogP contribution in [0.2, 0.25) is 0 Å². The van der Waals surface area contributed by atoms with E-state index in [1.54, 1.807) is 4.90 Å². The van der Waals surface area contributed by atoms with E-state index in [4.69, 9.17) is 0 Å². The second-order valence-corrected chi connectivity index (χ2v) is 8.06. The zero-order chi connectivity index (χ0) is 20.1. The number of carbonyl (C=O) groups excluding carboxylic acids is 2. The van der Waals surface area contributed by atoms with Gasteiger partial charge in [0, 0.05) is 18.7 Å². The molecule has 0 radical (unpaired) electrons. The van der Waals surface area contributed by atoms with Crippen LogP contribution in [-0.4, -0.2) is 33.7 Å². The molecule has 6 heteroatoms. The van der Waals surface area contributed by atoms with Gasteiger partial charge in [-0.15, -0.1) is 0 Å². The third-order valence-electron chi connectivity index (χ3n) is 4.52. The van der Waals surface area contributed by atoms with Crippen LogP contribution in [0.25, 0.3) is 0 Å². The lowest BCUT2D eigenvalue weighted by Crippen LogP contribution is -2.34. The predicted molar refractivity (Wildman–Crippen MR) is 116 cm³/mol. The molecule has 1 aliphatic rings. The molecule has 2 aromatic rings. The van der Waals surface area contributed by atoms with Gasteiger partial charge < -0.3 is 5.32 Å². The molecule has 1 atom stereocenters. The van der Waals surface area contributed by atoms with Gasteiger partial charge in [-0.2, -0.15) is 0 Å². The number of nitrogens with one attached hydrogen (secondary N) is 1. The van der Waals surface area contributed by atoms with E-state index in [0.29, 0.717) is 11.7 Å². The van der Waals surface area contributed by atoms with E-state index in [1.165, 1.54) is 11.8 Å². The number of aliphatic imine (C=N–C) groups is 1. The summed E-state index contributed by atoms with van der Waals surface area (Å²) in [7, 11) is 0. The average Bonchev–Trinajstić information content (AvgIpc) is 2.94. The summed E-state index contributed by atoms with van der Waals surface area (Å²) in [5.74, 6) is -0.203. The van der Waals surface area contributed by atoms with Gasteiger partial charge in [0.2, 0.25) is 11.8 Å². The van der Waals surface area contributed by atoms with Crippen molar-refractivity contribution in [1.82, 2.24) is 4.90 Å². The Kier molecular flexibility index (Phi) is 6.52. The number of thioether (sulfide) groups is 1. The molecule has 0 aromatic heterocycles. The molecule has 0 saturated carbocycles. The SMILES string of the molecule is CCCN1C(=O)[C@@H](CC(=O)Nc2ccccc2C)SC1=Nc1ccc(C)cc1. The normalized spacial score (nSPS) is 18.0. The number of hydrogen-bond acceptors (Lipinski definition) is 4. The van der Waals surface area contributed by atoms with Crippen molar-refractivity contribution in [3.63, 3.8) is 0 Å². The van der Waals surface area contributed by atoms with Crippen molar-refractivity contribution in [2.45, 2.75) is 38.9 Å². The first-order chi connectivity index (χ1) is 13.5. The molecule has 1 aliphatic heterocycles. The maximum absolute atomic E-state index is 12.8. The van der Waals surface area contributed by atoms with E-state index in [-0.39, 0.29) is 18.2 Å². The highest BCUT2D eigenvalue weighted by atomic mass is 32.2. The van der Waals surface area contributed by atoms with Gasteiger partial charge >= 0.3 is 0 Å². The van der Waals surface area contributed by atoms with E-state index in [0.717, 1.165) is 28.9 Å². The maximum atomic E-state index is 12.8. The summed E-state index contributed by atoms with van der Waals surface area (Å²) in [6.45, 7) is 6.60. The Bertz CT molecular complexity index is 893. The van der Waals surface area contributed by atoms with E-state index < -0.39 is 5.25 Å². The summed E-state index contributed by atoms with van der Waals surface area (Å²) < 4.78 is 0. The Hall–Kier alpha value is -2.60. The molecular weight excluding hydrogens is 370 g/mol. The van der Waals surface area contributed by atoms with Crippen LogP contribution in [0.1, 0.15) is 30.9 Å². The Morgan fingerprint density at radius 1 is 1.14 bits per heavy atom. The zero-order valence-corrected chi connectivity index (χ0v) is 17.3. The van der Waals surface area contributed by atoms with Gasteiger partial charge in [-0.25, -0.2) is 4.99 Å². The van der Waals surface area contributed by atoms with E-state index in [9.17, 15) is 9.59 Å². The summed E-state index contributed by atoms with van der Waals surface area (Å²) >= 11 is 1.37. The number of rotatable bonds is 6. The van der Waals surface area contributed by atoms with Gasteiger partial charge in [0.25, 0.3) is 0 Å². The smallest absolute Gasteiger partial charge is 0.242 e. The summed E-state index contributed by atoms with van der Waals surface area (Å²) in [5, 5.41) is 3.14. The van der Waals surface area contributed by atoms with Gasteiger partial charge in [0.05, 0.1) is 5.69 Å². The number of benzene rings is 2. The van der Waals surface area contributed by atoms with Crippen molar-refractivity contribution in [3.05, 3.63) is 59.7 Å². The van der Waals surface area contributed by atoms with E-state index in [1.807, 2.05) is 69.3 Å². The highest BCUT2D eigenvalue weighted by Gasteiger charge is 2.38. The van der Waals surface area contributed by atoms with Crippen LogP contribution in [-0.2, 0) is 9.59 Å². The molecule has 0 spiro atoms. The fraction of sp³-hybridized carbons (Fsp3) is 0.318. The molecule has 1 saturated heterocycles. The quantitative estimate of drug-likeness (QED) is 0.773. The number of anilines is 1. The van der Waals surface area contributed by atoms with Crippen molar-refractivity contribution in [1.29, 1.82) is 0 Å². The van der Waals surface area contributed by atoms with Gasteiger partial charge in [0.15, 0.2) is 5.17 Å². The van der Waals surface area contributed by atoms with Crippen molar-refractivity contribution < 1.29 is 9.59 Å². The number of nitrogens with zero attached hydrogens (tertiary/aromatic N) is 2. The molecule has 1 fully saturated rings. The van der Waals surface area contributed by atoms with Gasteiger partial charge in [-0.05, 0) is 44.0 Å². The van der Waals surface area contributed by atoms with Crippen molar-refractivity contribution in [2.75, 3.05) is 11.9 Å². The summed E-state index contributed by atoms with van der Waals surface area (Å²) in [5.41, 5.74) is 3.75. The molecule has 1 heterocycles. The fourth-order valence-corrected chi connectivity index (χ4v) is 4.15. The second-order valence-electron chi connectivity index (χ2n) is 6.89. The highest BCUT2D eigenvalue weighted by molar-refractivity contribution is 8.15. The predicted octanol–water partition coefficient (Wildman–Crippen LogP) is 4.67. The monoisotopic (exact) mass is 395 g/mol. The summed E-state index contributed by atoms with van der Waals surface area (Å²) in [6.07, 6.45) is 0.965. The zero-order valence-electron chi connectivity index (χ0n) is 16.4. The minimum absolute atomic E-state index is 0.0438. The average molecular weight is 396 g/mol. The first kappa shape index (κ1) is 20.1. The number of aryl methyl sites for hydroxylation is 2. The molecule has 3 rings (SSSR count). The lowest BCUT2D eigenvalue weighted by molar-refractivity contribution is -0.128. The van der Waals surface area contributed by atoms with Gasteiger partial charge in [-0.3, -0.25) is 14.5 Å². The minimum atomic E-state index is -0.445. The third kappa shape index (κ3) is 4.81. The third-order valence-corrected chi connectivity index (χ3v) is 5.69. The van der Waals surface area contributed by atoms with E-state index >= 15 is 0 Å². The van der Waals surface area contributed by atoms with Crippen LogP contribution in [0.4, 0.5) is 11.4 Å². The molecule has 0 bridgehead atoms. The Balaban J connectivity index is 1.73. The van der Waals surface area contributed by atoms with Gasteiger partial charge in [0.1, 0.15) is 5.25 Å². The van der Waals surface area contributed by atoms with Crippen LogP contribution >= 0.6 is 11.8 Å². The topological polar surface area (TPSA) is 61.8 Å². The van der Waals surface area contributed by atoms with Crippen LogP contribution in [0.15, 0.2) is 53.5 Å². The Morgan fingerprint density at radius 2 is 1.86 bits per heavy atom. The molecule has 5 nitrogen and oxygen atoms in total.